The SMILES string of the molecule is CCCn1cc(C(=O)CCC(F)(F)F)cn1. The summed E-state index contributed by atoms with van der Waals surface area (Å²) in [5, 5.41) is 3.89. The third-order valence-corrected chi connectivity index (χ3v) is 2.04. The molecule has 0 fully saturated rings. The average Bonchev–Trinajstić information content (AvgIpc) is 2.62. The van der Waals surface area contributed by atoms with Crippen molar-refractivity contribution in [3.63, 3.8) is 0 Å². The first-order valence-electron chi connectivity index (χ1n) is 5.05. The number of hydrogen-bond donors (Lipinski definition) is 0. The minimum absolute atomic E-state index is 0.248. The van der Waals surface area contributed by atoms with Gasteiger partial charge in [0.15, 0.2) is 5.78 Å². The molecule has 3 nitrogen and oxygen atoms in total. The van der Waals surface area contributed by atoms with Gasteiger partial charge in [0.1, 0.15) is 0 Å². The zero-order valence-corrected chi connectivity index (χ0v) is 8.92. The van der Waals surface area contributed by atoms with Gasteiger partial charge in [0.05, 0.1) is 18.2 Å². The fourth-order valence-electron chi connectivity index (χ4n) is 1.26. The summed E-state index contributed by atoms with van der Waals surface area (Å²) >= 11 is 0. The van der Waals surface area contributed by atoms with E-state index in [1.807, 2.05) is 6.92 Å². The van der Waals surface area contributed by atoms with Gasteiger partial charge in [-0.25, -0.2) is 0 Å². The third-order valence-electron chi connectivity index (χ3n) is 2.04. The number of nitrogens with zero attached hydrogens (tertiary/aromatic N) is 2. The maximum absolute atomic E-state index is 11.9. The molecule has 0 amide bonds. The number of Topliss-reactive ketones (excluding diaryl/α,β-unsaturated/α-hetero) is 1. The molecule has 0 aliphatic carbocycles. The molecule has 6 heteroatoms. The first kappa shape index (κ1) is 12.7. The van der Waals surface area contributed by atoms with Gasteiger partial charge in [-0.05, 0) is 6.42 Å². The maximum Gasteiger partial charge on any atom is 0.389 e. The fourth-order valence-corrected chi connectivity index (χ4v) is 1.26. The molecule has 0 aromatic carbocycles. The zero-order valence-electron chi connectivity index (χ0n) is 8.92. The summed E-state index contributed by atoms with van der Waals surface area (Å²) in [6, 6.07) is 0. The Morgan fingerprint density at radius 2 is 2.19 bits per heavy atom. The van der Waals surface area contributed by atoms with Gasteiger partial charge in [-0.2, -0.15) is 18.3 Å². The van der Waals surface area contributed by atoms with E-state index in [0.29, 0.717) is 6.54 Å². The number of hydrogen-bond acceptors (Lipinski definition) is 2. The molecule has 1 aromatic heterocycles. The van der Waals surface area contributed by atoms with Crippen molar-refractivity contribution in [1.82, 2.24) is 9.78 Å². The molecule has 1 aromatic rings. The number of rotatable bonds is 5. The van der Waals surface area contributed by atoms with Crippen molar-refractivity contribution in [2.75, 3.05) is 0 Å². The van der Waals surface area contributed by atoms with E-state index in [9.17, 15) is 18.0 Å². The van der Waals surface area contributed by atoms with Gasteiger partial charge in [0.2, 0.25) is 0 Å². The number of ketones is 1. The molecule has 0 bridgehead atoms. The van der Waals surface area contributed by atoms with E-state index in [4.69, 9.17) is 0 Å². The van der Waals surface area contributed by atoms with Crippen LogP contribution in [0.1, 0.15) is 36.5 Å². The highest BCUT2D eigenvalue weighted by Gasteiger charge is 2.28. The fraction of sp³-hybridized carbons (Fsp3) is 0.600. The molecule has 16 heavy (non-hydrogen) atoms. The lowest BCUT2D eigenvalue weighted by atomic mass is 10.1. The van der Waals surface area contributed by atoms with Crippen LogP contribution < -0.4 is 0 Å². The first-order chi connectivity index (χ1) is 7.42. The molecule has 0 spiro atoms. The predicted molar refractivity (Wildman–Crippen MR) is 52.1 cm³/mol. The molecule has 0 unspecified atom stereocenters. The monoisotopic (exact) mass is 234 g/mol. The topological polar surface area (TPSA) is 34.9 Å². The van der Waals surface area contributed by atoms with Crippen LogP contribution in [0, 0.1) is 0 Å². The molecule has 0 N–H and O–H groups in total. The molecule has 0 aliphatic heterocycles. The lowest BCUT2D eigenvalue weighted by molar-refractivity contribution is -0.133. The van der Waals surface area contributed by atoms with Crippen LogP contribution in [0.5, 0.6) is 0 Å². The van der Waals surface area contributed by atoms with E-state index in [0.717, 1.165) is 6.42 Å². The second-order valence-electron chi connectivity index (χ2n) is 3.53. The van der Waals surface area contributed by atoms with Gasteiger partial charge in [-0.1, -0.05) is 6.92 Å². The van der Waals surface area contributed by atoms with Crippen LogP contribution in [0.3, 0.4) is 0 Å². The Balaban J connectivity index is 2.53. The molecule has 0 aliphatic rings. The highest BCUT2D eigenvalue weighted by molar-refractivity contribution is 5.95. The van der Waals surface area contributed by atoms with Crippen molar-refractivity contribution in [3.8, 4) is 0 Å². The molecular formula is C10H13F3N2O. The lowest BCUT2D eigenvalue weighted by Gasteiger charge is -2.03. The highest BCUT2D eigenvalue weighted by Crippen LogP contribution is 2.22. The average molecular weight is 234 g/mol. The van der Waals surface area contributed by atoms with Crippen molar-refractivity contribution < 1.29 is 18.0 Å². The molecule has 90 valence electrons. The number of aromatic nitrogens is 2. The maximum atomic E-state index is 11.9. The Morgan fingerprint density at radius 3 is 2.75 bits per heavy atom. The standard InChI is InChI=1S/C10H13F3N2O/c1-2-5-15-7-8(6-14-15)9(16)3-4-10(11,12)13/h6-7H,2-5H2,1H3. The van der Waals surface area contributed by atoms with Gasteiger partial charge in [0, 0.05) is 19.2 Å². The smallest absolute Gasteiger partial charge is 0.294 e. The zero-order chi connectivity index (χ0) is 12.2. The quantitative estimate of drug-likeness (QED) is 0.734. The predicted octanol–water partition coefficient (Wildman–Crippen LogP) is 2.82. The Labute approximate surface area is 91.3 Å². The second kappa shape index (κ2) is 5.14. The van der Waals surface area contributed by atoms with E-state index < -0.39 is 24.8 Å². The van der Waals surface area contributed by atoms with Crippen LogP contribution >= 0.6 is 0 Å². The summed E-state index contributed by atoms with van der Waals surface area (Å²) in [6.07, 6.45) is -2.21. The summed E-state index contributed by atoms with van der Waals surface area (Å²) in [5.74, 6) is -0.514. The van der Waals surface area contributed by atoms with Crippen molar-refractivity contribution in [3.05, 3.63) is 18.0 Å². The summed E-state index contributed by atoms with van der Waals surface area (Å²) in [7, 11) is 0. The van der Waals surface area contributed by atoms with Crippen LogP contribution in [-0.4, -0.2) is 21.7 Å². The van der Waals surface area contributed by atoms with Crippen molar-refractivity contribution in [2.24, 2.45) is 0 Å². The Bertz CT molecular complexity index is 357. The number of halogens is 3. The normalized spacial score (nSPS) is 11.8. The van der Waals surface area contributed by atoms with Gasteiger partial charge >= 0.3 is 6.18 Å². The summed E-state index contributed by atoms with van der Waals surface area (Å²) in [5.41, 5.74) is 0.248. The van der Waals surface area contributed by atoms with Crippen molar-refractivity contribution in [1.29, 1.82) is 0 Å². The molecule has 0 saturated carbocycles. The largest absolute Gasteiger partial charge is 0.389 e. The summed E-state index contributed by atoms with van der Waals surface area (Å²) < 4.78 is 37.2. The van der Waals surface area contributed by atoms with Crippen molar-refractivity contribution in [2.45, 2.75) is 38.9 Å². The number of carbonyl (C=O) groups excluding carboxylic acids is 1. The Morgan fingerprint density at radius 1 is 1.50 bits per heavy atom. The van der Waals surface area contributed by atoms with Crippen LogP contribution in [-0.2, 0) is 6.54 Å². The van der Waals surface area contributed by atoms with Crippen LogP contribution in [0.2, 0.25) is 0 Å². The van der Waals surface area contributed by atoms with Gasteiger partial charge in [-0.15, -0.1) is 0 Å². The number of aryl methyl sites for hydroxylation is 1. The molecule has 0 radical (unpaired) electrons. The first-order valence-corrected chi connectivity index (χ1v) is 5.05. The number of alkyl halides is 3. The Kier molecular flexibility index (Phi) is 4.09. The molecule has 0 atom stereocenters. The van der Waals surface area contributed by atoms with Crippen molar-refractivity contribution >= 4 is 5.78 Å². The van der Waals surface area contributed by atoms with E-state index >= 15 is 0 Å². The minimum atomic E-state index is -4.28. The molecule has 0 saturated heterocycles. The van der Waals surface area contributed by atoms with Crippen LogP contribution in [0.25, 0.3) is 0 Å². The molecule has 1 rings (SSSR count). The van der Waals surface area contributed by atoms with E-state index in [1.54, 1.807) is 4.68 Å². The van der Waals surface area contributed by atoms with E-state index in [2.05, 4.69) is 5.10 Å². The van der Waals surface area contributed by atoms with Crippen LogP contribution in [0.4, 0.5) is 13.2 Å². The number of carbonyl (C=O) groups is 1. The van der Waals surface area contributed by atoms with Gasteiger partial charge < -0.3 is 0 Å². The van der Waals surface area contributed by atoms with Gasteiger partial charge in [0.25, 0.3) is 0 Å². The summed E-state index contributed by atoms with van der Waals surface area (Å²) in [4.78, 5) is 11.4. The van der Waals surface area contributed by atoms with Crippen LogP contribution in [0.15, 0.2) is 12.4 Å². The summed E-state index contributed by atoms with van der Waals surface area (Å²) in [6.45, 7) is 2.61. The highest BCUT2D eigenvalue weighted by atomic mass is 19.4. The Hall–Kier alpha value is -1.33. The minimum Gasteiger partial charge on any atom is -0.294 e. The van der Waals surface area contributed by atoms with E-state index in [-0.39, 0.29) is 5.56 Å². The second-order valence-corrected chi connectivity index (χ2v) is 3.53. The van der Waals surface area contributed by atoms with E-state index in [1.165, 1.54) is 12.4 Å². The lowest BCUT2D eigenvalue weighted by Crippen LogP contribution is -2.10. The molecular weight excluding hydrogens is 221 g/mol. The third kappa shape index (κ3) is 4.04. The molecule has 1 heterocycles. The van der Waals surface area contributed by atoms with Gasteiger partial charge in [-0.3, -0.25) is 9.48 Å².